The molecule has 0 spiro atoms. The largest absolute Gasteiger partial charge is 0.491 e. The van der Waals surface area contributed by atoms with E-state index in [4.69, 9.17) is 9.47 Å². The fourth-order valence-electron chi connectivity index (χ4n) is 5.49. The van der Waals surface area contributed by atoms with E-state index in [1.807, 2.05) is 11.0 Å². The van der Waals surface area contributed by atoms with Crippen molar-refractivity contribution in [3.63, 3.8) is 0 Å². The van der Waals surface area contributed by atoms with E-state index in [9.17, 15) is 4.79 Å². The Morgan fingerprint density at radius 3 is 2.59 bits per heavy atom. The van der Waals surface area contributed by atoms with Gasteiger partial charge < -0.3 is 19.3 Å². The molecule has 1 amide bonds. The fraction of sp³-hybridized carbons (Fsp3) is 0.731. The van der Waals surface area contributed by atoms with E-state index < -0.39 is 0 Å². The number of likely N-dealkylation sites (tertiary alicyclic amines) is 1. The zero-order valence-electron chi connectivity index (χ0n) is 19.7. The number of hydrogen-bond donors (Lipinski definition) is 0. The van der Waals surface area contributed by atoms with Gasteiger partial charge >= 0.3 is 6.09 Å². The van der Waals surface area contributed by atoms with Crippen molar-refractivity contribution < 1.29 is 14.3 Å². The molecule has 1 aromatic carbocycles. The summed E-state index contributed by atoms with van der Waals surface area (Å²) in [4.78, 5) is 16.9. The van der Waals surface area contributed by atoms with Gasteiger partial charge in [0.25, 0.3) is 0 Å². The van der Waals surface area contributed by atoms with E-state index in [0.717, 1.165) is 57.6 Å². The molecule has 0 aromatic heterocycles. The maximum absolute atomic E-state index is 12.3. The van der Waals surface area contributed by atoms with E-state index in [0.29, 0.717) is 12.0 Å². The Hall–Kier alpha value is -1.27. The lowest BCUT2D eigenvalue weighted by atomic mass is 9.90. The van der Waals surface area contributed by atoms with Gasteiger partial charge in [-0.1, -0.05) is 35.2 Å². The number of cyclic esters (lactones) is 1. The second kappa shape index (κ2) is 11.2. The summed E-state index contributed by atoms with van der Waals surface area (Å²) in [5.74, 6) is 1.67. The molecule has 178 valence electrons. The highest BCUT2D eigenvalue weighted by Gasteiger charge is 2.36. The van der Waals surface area contributed by atoms with Gasteiger partial charge in [0, 0.05) is 17.1 Å². The average molecular weight is 508 g/mol. The third-order valence-corrected chi connectivity index (χ3v) is 8.06. The van der Waals surface area contributed by atoms with Crippen molar-refractivity contribution in [1.82, 2.24) is 9.80 Å². The zero-order valence-corrected chi connectivity index (χ0v) is 21.3. The van der Waals surface area contributed by atoms with Gasteiger partial charge in [-0.3, -0.25) is 0 Å². The van der Waals surface area contributed by atoms with Crippen LogP contribution in [-0.4, -0.2) is 60.3 Å². The highest BCUT2D eigenvalue weighted by molar-refractivity contribution is 9.10. The highest BCUT2D eigenvalue weighted by Crippen LogP contribution is 2.30. The summed E-state index contributed by atoms with van der Waals surface area (Å²) in [6.45, 7) is 8.23. The lowest BCUT2D eigenvalue weighted by Gasteiger charge is -2.32. The van der Waals surface area contributed by atoms with Gasteiger partial charge in [-0.25, -0.2) is 4.79 Å². The molecule has 1 aliphatic carbocycles. The van der Waals surface area contributed by atoms with Crippen molar-refractivity contribution in [2.45, 2.75) is 89.9 Å². The normalized spacial score (nSPS) is 23.7. The topological polar surface area (TPSA) is 42.0 Å². The number of amides is 1. The first-order chi connectivity index (χ1) is 15.5. The van der Waals surface area contributed by atoms with Crippen LogP contribution in [0.1, 0.15) is 70.8 Å². The van der Waals surface area contributed by atoms with Crippen LogP contribution < -0.4 is 4.74 Å². The summed E-state index contributed by atoms with van der Waals surface area (Å²) < 4.78 is 12.8. The maximum Gasteiger partial charge on any atom is 0.410 e. The summed E-state index contributed by atoms with van der Waals surface area (Å²) in [5, 5.41) is 0. The Labute approximate surface area is 201 Å². The molecule has 0 bridgehead atoms. The summed E-state index contributed by atoms with van der Waals surface area (Å²) in [6, 6.07) is 6.77. The molecule has 2 aliphatic heterocycles. The summed E-state index contributed by atoms with van der Waals surface area (Å²) in [6.07, 6.45) is 10.8. The molecular weight excluding hydrogens is 468 g/mol. The number of ether oxygens (including phenoxy) is 2. The van der Waals surface area contributed by atoms with E-state index in [1.54, 1.807) is 0 Å². The first kappa shape index (κ1) is 23.9. The molecule has 5 nitrogen and oxygen atoms in total. The standard InChI is InChI=1S/C26H39BrN2O3/c1-19(2)31-23-8-9-25(27)21(17-23)16-20-10-13-28(14-11-20)15-12-24-18-29(26(30)32-24)22-6-4-3-5-7-22/h8-9,17,19-20,22,24H,3-7,10-16,18H2,1-2H3. The molecule has 1 saturated carbocycles. The molecule has 1 aromatic rings. The Morgan fingerprint density at radius 2 is 1.88 bits per heavy atom. The van der Waals surface area contributed by atoms with Gasteiger partial charge in [-0.15, -0.1) is 0 Å². The van der Waals surface area contributed by atoms with Gasteiger partial charge in [0.05, 0.1) is 12.6 Å². The van der Waals surface area contributed by atoms with Gasteiger partial charge in [0.1, 0.15) is 11.9 Å². The summed E-state index contributed by atoms with van der Waals surface area (Å²) in [5.41, 5.74) is 1.35. The Morgan fingerprint density at radius 1 is 1.12 bits per heavy atom. The Kier molecular flexibility index (Phi) is 8.38. The van der Waals surface area contributed by atoms with Crippen molar-refractivity contribution in [3.8, 4) is 5.75 Å². The third kappa shape index (κ3) is 6.40. The fourth-order valence-corrected chi connectivity index (χ4v) is 5.90. The molecule has 1 atom stereocenters. The molecular formula is C26H39BrN2O3. The molecule has 2 saturated heterocycles. The van der Waals surface area contributed by atoms with Crippen LogP contribution in [0.2, 0.25) is 0 Å². The van der Waals surface area contributed by atoms with Crippen molar-refractivity contribution >= 4 is 22.0 Å². The van der Waals surface area contributed by atoms with E-state index in [1.165, 1.54) is 42.1 Å². The molecule has 6 heteroatoms. The maximum atomic E-state index is 12.3. The third-order valence-electron chi connectivity index (χ3n) is 7.29. The lowest BCUT2D eigenvalue weighted by molar-refractivity contribution is 0.110. The van der Waals surface area contributed by atoms with Crippen LogP contribution in [0, 0.1) is 5.92 Å². The van der Waals surface area contributed by atoms with Crippen LogP contribution in [0.5, 0.6) is 5.75 Å². The van der Waals surface area contributed by atoms with E-state index >= 15 is 0 Å². The molecule has 2 heterocycles. The zero-order chi connectivity index (χ0) is 22.5. The van der Waals surface area contributed by atoms with Crippen LogP contribution in [0.3, 0.4) is 0 Å². The number of piperidine rings is 1. The van der Waals surface area contributed by atoms with Crippen LogP contribution >= 0.6 is 15.9 Å². The molecule has 1 unspecified atom stereocenters. The van der Waals surface area contributed by atoms with Gasteiger partial charge in [-0.05, 0) is 95.1 Å². The molecule has 4 rings (SSSR count). The Bertz CT molecular complexity index is 757. The minimum absolute atomic E-state index is 0.0711. The number of carbonyl (C=O) groups excluding carboxylic acids is 1. The van der Waals surface area contributed by atoms with Crippen molar-refractivity contribution in [1.29, 1.82) is 0 Å². The number of rotatable bonds is 8. The first-order valence-electron chi connectivity index (χ1n) is 12.6. The molecule has 3 fully saturated rings. The molecule has 32 heavy (non-hydrogen) atoms. The van der Waals surface area contributed by atoms with Crippen molar-refractivity contribution in [2.24, 2.45) is 5.92 Å². The van der Waals surface area contributed by atoms with Crippen LogP contribution in [0.4, 0.5) is 4.79 Å². The first-order valence-corrected chi connectivity index (χ1v) is 13.4. The number of nitrogens with zero attached hydrogens (tertiary/aromatic N) is 2. The minimum atomic E-state index is -0.0742. The second-order valence-corrected chi connectivity index (χ2v) is 11.0. The predicted octanol–water partition coefficient (Wildman–Crippen LogP) is 6.03. The van der Waals surface area contributed by atoms with Crippen molar-refractivity contribution in [2.75, 3.05) is 26.2 Å². The van der Waals surface area contributed by atoms with E-state index in [-0.39, 0.29) is 18.3 Å². The summed E-state index contributed by atoms with van der Waals surface area (Å²) >= 11 is 3.72. The lowest BCUT2D eigenvalue weighted by Crippen LogP contribution is -2.38. The average Bonchev–Trinajstić information content (AvgIpc) is 3.16. The number of benzene rings is 1. The van der Waals surface area contributed by atoms with Gasteiger partial charge in [-0.2, -0.15) is 0 Å². The second-order valence-electron chi connectivity index (χ2n) is 10.1. The van der Waals surface area contributed by atoms with Crippen LogP contribution in [-0.2, 0) is 11.2 Å². The van der Waals surface area contributed by atoms with Gasteiger partial charge in [0.2, 0.25) is 0 Å². The molecule has 0 radical (unpaired) electrons. The SMILES string of the molecule is CC(C)Oc1ccc(Br)c(CC2CCN(CCC3CN(C4CCCCC4)C(=O)O3)CC2)c1. The van der Waals surface area contributed by atoms with Crippen LogP contribution in [0.15, 0.2) is 22.7 Å². The smallest absolute Gasteiger partial charge is 0.410 e. The summed E-state index contributed by atoms with van der Waals surface area (Å²) in [7, 11) is 0. The molecule has 3 aliphatic rings. The number of halogens is 1. The number of hydrogen-bond acceptors (Lipinski definition) is 4. The molecule has 0 N–H and O–H groups in total. The quantitative estimate of drug-likeness (QED) is 0.431. The highest BCUT2D eigenvalue weighted by atomic mass is 79.9. The van der Waals surface area contributed by atoms with E-state index in [2.05, 4.69) is 46.8 Å². The minimum Gasteiger partial charge on any atom is -0.491 e. The number of carbonyl (C=O) groups is 1. The van der Waals surface area contributed by atoms with Crippen LogP contribution in [0.25, 0.3) is 0 Å². The van der Waals surface area contributed by atoms with Gasteiger partial charge in [0.15, 0.2) is 0 Å². The predicted molar refractivity (Wildman–Crippen MR) is 131 cm³/mol. The monoisotopic (exact) mass is 506 g/mol. The van der Waals surface area contributed by atoms with Crippen molar-refractivity contribution in [3.05, 3.63) is 28.2 Å². The Balaban J connectivity index is 1.19.